The van der Waals surface area contributed by atoms with Crippen molar-refractivity contribution >= 4 is 23.0 Å². The summed E-state index contributed by atoms with van der Waals surface area (Å²) in [4.78, 5) is 12.6. The second kappa shape index (κ2) is 4.68. The Balaban J connectivity index is 2.14. The smallest absolute Gasteiger partial charge is 0.170 e. The van der Waals surface area contributed by atoms with Crippen molar-refractivity contribution < 1.29 is 9.90 Å². The predicted molar refractivity (Wildman–Crippen MR) is 76.2 cm³/mol. The van der Waals surface area contributed by atoms with Crippen LogP contribution < -0.4 is 0 Å². The molecule has 100 valence electrons. The topological polar surface area (TPSA) is 37.3 Å². The maximum absolute atomic E-state index is 12.6. The summed E-state index contributed by atoms with van der Waals surface area (Å²) in [5, 5.41) is 11.0. The summed E-state index contributed by atoms with van der Waals surface area (Å²) < 4.78 is 0. The third kappa shape index (κ3) is 1.90. The van der Waals surface area contributed by atoms with E-state index in [0.717, 1.165) is 36.8 Å². The van der Waals surface area contributed by atoms with Gasteiger partial charge in [-0.1, -0.05) is 36.6 Å². The summed E-state index contributed by atoms with van der Waals surface area (Å²) >= 11 is 6.24. The van der Waals surface area contributed by atoms with Crippen LogP contribution >= 0.6 is 11.6 Å². The Morgan fingerprint density at radius 2 is 1.89 bits per heavy atom. The first-order chi connectivity index (χ1) is 9.11. The van der Waals surface area contributed by atoms with Gasteiger partial charge in [-0.15, -0.1) is 0 Å². The minimum Gasteiger partial charge on any atom is -0.511 e. The van der Waals surface area contributed by atoms with E-state index in [0.29, 0.717) is 10.6 Å². The van der Waals surface area contributed by atoms with Gasteiger partial charge in [0.1, 0.15) is 5.76 Å². The number of halogens is 1. The number of hydrogen-bond acceptors (Lipinski definition) is 2. The van der Waals surface area contributed by atoms with E-state index in [1.807, 2.05) is 19.1 Å². The van der Waals surface area contributed by atoms with Gasteiger partial charge in [-0.2, -0.15) is 0 Å². The molecule has 1 saturated carbocycles. The maximum Gasteiger partial charge on any atom is 0.170 e. The lowest BCUT2D eigenvalue weighted by Crippen LogP contribution is -2.21. The highest BCUT2D eigenvalue weighted by Gasteiger charge is 2.44. The van der Waals surface area contributed by atoms with Crippen LogP contribution in [0, 0.1) is 18.8 Å². The van der Waals surface area contributed by atoms with Crippen molar-refractivity contribution in [2.45, 2.75) is 32.6 Å². The molecule has 3 heteroatoms. The van der Waals surface area contributed by atoms with E-state index in [9.17, 15) is 9.90 Å². The van der Waals surface area contributed by atoms with Crippen LogP contribution in [0.3, 0.4) is 0 Å². The van der Waals surface area contributed by atoms with Crippen molar-refractivity contribution in [1.82, 2.24) is 0 Å². The molecule has 19 heavy (non-hydrogen) atoms. The van der Waals surface area contributed by atoms with Crippen molar-refractivity contribution in [2.24, 2.45) is 11.8 Å². The Labute approximate surface area is 118 Å². The molecular weight excluding hydrogens is 260 g/mol. The Hall–Kier alpha value is -1.28. The second-order valence-electron chi connectivity index (χ2n) is 5.55. The van der Waals surface area contributed by atoms with Crippen LogP contribution in [0.1, 0.15) is 36.8 Å². The summed E-state index contributed by atoms with van der Waals surface area (Å²) in [6.45, 7) is 1.93. The molecule has 0 heterocycles. The van der Waals surface area contributed by atoms with Crippen molar-refractivity contribution in [1.29, 1.82) is 0 Å². The molecule has 0 saturated heterocycles. The maximum atomic E-state index is 12.6. The van der Waals surface area contributed by atoms with Crippen LogP contribution in [0.5, 0.6) is 0 Å². The van der Waals surface area contributed by atoms with E-state index in [4.69, 9.17) is 11.6 Å². The number of aryl methyl sites for hydroxylation is 1. The van der Waals surface area contributed by atoms with Gasteiger partial charge in [0, 0.05) is 22.4 Å². The molecule has 2 atom stereocenters. The largest absolute Gasteiger partial charge is 0.511 e. The number of allylic oxidation sites excluding steroid dienone is 2. The third-order valence-corrected chi connectivity index (χ3v) is 4.74. The predicted octanol–water partition coefficient (Wildman–Crippen LogP) is 4.31. The fourth-order valence-electron chi connectivity index (χ4n) is 3.47. The normalized spacial score (nSPS) is 26.7. The number of rotatable bonds is 1. The fraction of sp³-hybridized carbons (Fsp3) is 0.438. The van der Waals surface area contributed by atoms with Gasteiger partial charge < -0.3 is 5.11 Å². The van der Waals surface area contributed by atoms with Crippen LogP contribution in [-0.4, -0.2) is 10.9 Å². The molecule has 2 unspecified atom stereocenters. The molecule has 0 aliphatic heterocycles. The first-order valence-electron chi connectivity index (χ1n) is 6.84. The van der Waals surface area contributed by atoms with Gasteiger partial charge in [0.15, 0.2) is 5.78 Å². The van der Waals surface area contributed by atoms with Gasteiger partial charge in [-0.25, -0.2) is 0 Å². The van der Waals surface area contributed by atoms with E-state index in [1.54, 1.807) is 6.07 Å². The van der Waals surface area contributed by atoms with Crippen LogP contribution in [0.2, 0.25) is 5.02 Å². The Kier molecular flexibility index (Phi) is 3.14. The molecule has 3 rings (SSSR count). The monoisotopic (exact) mass is 276 g/mol. The van der Waals surface area contributed by atoms with Crippen LogP contribution in [-0.2, 0) is 4.79 Å². The van der Waals surface area contributed by atoms with Gasteiger partial charge in [0.25, 0.3) is 0 Å². The van der Waals surface area contributed by atoms with Crippen molar-refractivity contribution in [2.75, 3.05) is 0 Å². The van der Waals surface area contributed by atoms with Crippen molar-refractivity contribution in [3.8, 4) is 0 Å². The molecule has 2 nitrogen and oxygen atoms in total. The van der Waals surface area contributed by atoms with E-state index >= 15 is 0 Å². The van der Waals surface area contributed by atoms with Gasteiger partial charge in [0.05, 0.1) is 5.57 Å². The van der Waals surface area contributed by atoms with E-state index in [1.165, 1.54) is 0 Å². The van der Waals surface area contributed by atoms with Gasteiger partial charge in [-0.3, -0.25) is 4.79 Å². The van der Waals surface area contributed by atoms with Gasteiger partial charge in [-0.05, 0) is 31.4 Å². The molecular formula is C16H17ClO2. The number of ketones is 1. The SMILES string of the molecule is Cc1cccc(Cl)c1C1=C(O)C2CCCCC2C1=O. The zero-order valence-electron chi connectivity index (χ0n) is 10.9. The van der Waals surface area contributed by atoms with Gasteiger partial charge in [0.2, 0.25) is 0 Å². The number of Topliss-reactive ketones (excluding diaryl/α,β-unsaturated/α-hetero) is 1. The summed E-state index contributed by atoms with van der Waals surface area (Å²) in [7, 11) is 0. The highest BCUT2D eigenvalue weighted by atomic mass is 35.5. The van der Waals surface area contributed by atoms with Crippen LogP contribution in [0.25, 0.3) is 5.57 Å². The minimum atomic E-state index is -0.0283. The standard InChI is InChI=1S/C16H17ClO2/c1-9-5-4-8-12(17)13(9)14-15(18)10-6-2-3-7-11(10)16(14)19/h4-5,8,10-11,18H,2-3,6-7H2,1H3. The van der Waals surface area contributed by atoms with E-state index in [2.05, 4.69) is 0 Å². The molecule has 0 spiro atoms. The second-order valence-corrected chi connectivity index (χ2v) is 5.96. The van der Waals surface area contributed by atoms with Crippen LogP contribution in [0.15, 0.2) is 24.0 Å². The Morgan fingerprint density at radius 3 is 2.53 bits per heavy atom. The number of benzene rings is 1. The molecule has 0 bridgehead atoms. The summed E-state index contributed by atoms with van der Waals surface area (Å²) in [5.41, 5.74) is 2.14. The highest BCUT2D eigenvalue weighted by Crippen LogP contribution is 2.47. The van der Waals surface area contributed by atoms with Gasteiger partial charge >= 0.3 is 0 Å². The lowest BCUT2D eigenvalue weighted by atomic mass is 9.80. The Morgan fingerprint density at radius 1 is 1.21 bits per heavy atom. The number of aliphatic hydroxyl groups excluding tert-OH is 1. The summed E-state index contributed by atoms with van der Waals surface area (Å²) in [6, 6.07) is 5.57. The molecule has 1 aromatic rings. The molecule has 1 aromatic carbocycles. The van der Waals surface area contributed by atoms with E-state index in [-0.39, 0.29) is 23.4 Å². The van der Waals surface area contributed by atoms with E-state index < -0.39 is 0 Å². The van der Waals surface area contributed by atoms with Crippen molar-refractivity contribution in [3.63, 3.8) is 0 Å². The first kappa shape index (κ1) is 12.7. The quantitative estimate of drug-likeness (QED) is 0.830. The first-order valence-corrected chi connectivity index (χ1v) is 7.22. The lowest BCUT2D eigenvalue weighted by molar-refractivity contribution is -0.118. The number of carbonyl (C=O) groups excluding carboxylic acids is 1. The van der Waals surface area contributed by atoms with Crippen LogP contribution in [0.4, 0.5) is 0 Å². The summed E-state index contributed by atoms with van der Waals surface area (Å²) in [5.74, 6) is 0.343. The minimum absolute atomic E-state index is 0.0203. The average Bonchev–Trinajstić information content (AvgIpc) is 2.64. The zero-order chi connectivity index (χ0) is 13.6. The molecule has 1 fully saturated rings. The highest BCUT2D eigenvalue weighted by molar-refractivity contribution is 6.36. The average molecular weight is 277 g/mol. The molecule has 0 amide bonds. The lowest BCUT2D eigenvalue weighted by Gasteiger charge is -2.23. The fourth-order valence-corrected chi connectivity index (χ4v) is 3.79. The van der Waals surface area contributed by atoms with Crippen molar-refractivity contribution in [3.05, 3.63) is 40.1 Å². The number of carbonyl (C=O) groups is 1. The molecule has 2 aliphatic carbocycles. The number of fused-ring (bicyclic) bond motifs is 1. The molecule has 2 aliphatic rings. The molecule has 0 radical (unpaired) electrons. The Bertz CT molecular complexity index is 554. The zero-order valence-corrected chi connectivity index (χ0v) is 11.7. The number of aliphatic hydroxyl groups is 1. The summed E-state index contributed by atoms with van der Waals surface area (Å²) in [6.07, 6.45) is 3.97. The molecule has 0 aromatic heterocycles. The number of hydrogen-bond donors (Lipinski definition) is 1. The third-order valence-electron chi connectivity index (χ3n) is 4.43. The molecule has 1 N–H and O–H groups in total.